The van der Waals surface area contributed by atoms with Gasteiger partial charge in [0.25, 0.3) is 11.5 Å². The number of hydrogen-bond donors (Lipinski definition) is 1. The normalized spacial score (nSPS) is 17.9. The van der Waals surface area contributed by atoms with Crippen LogP contribution in [0, 0.1) is 5.92 Å². The molecular weight excluding hydrogens is 672 g/mol. The first-order valence-electron chi connectivity index (χ1n) is 17.4. The molecule has 3 saturated heterocycles. The molecule has 3 aliphatic heterocycles. The van der Waals surface area contributed by atoms with Crippen LogP contribution in [0.15, 0.2) is 65.8 Å². The van der Waals surface area contributed by atoms with Crippen LogP contribution in [0.1, 0.15) is 42.5 Å². The van der Waals surface area contributed by atoms with E-state index in [-0.39, 0.29) is 36.4 Å². The highest BCUT2D eigenvalue weighted by atomic mass is 35.5. The molecule has 3 aliphatic rings. The molecular formula is C38H41ClN6O6. The van der Waals surface area contributed by atoms with Crippen LogP contribution in [0.25, 0.3) is 21.9 Å². The summed E-state index contributed by atoms with van der Waals surface area (Å²) in [6.07, 6.45) is 9.05. The lowest BCUT2D eigenvalue weighted by molar-refractivity contribution is -0.120. The average molecular weight is 713 g/mol. The molecule has 266 valence electrons. The van der Waals surface area contributed by atoms with Crippen molar-refractivity contribution in [1.82, 2.24) is 24.7 Å². The number of anilines is 1. The molecule has 3 fully saturated rings. The van der Waals surface area contributed by atoms with Crippen LogP contribution in [0.2, 0.25) is 5.02 Å². The highest BCUT2D eigenvalue weighted by Crippen LogP contribution is 2.36. The standard InChI is InChI=1S/C38H41ClN6O6/c1-42-23-30(28-7-13-40-21-29(28)37(42)48)25-4-6-33(34(20-25)50-2)51-27-10-14-43(15-11-27)22-24-8-16-44(17-9-24)36(47)26-3-5-31(39)32(19-26)45-18-12-35(46)41-38(45)49/h3-7,13,19-21,23-24,27H,8-12,14-18,22H2,1-2H3,(H,41,46,49). The van der Waals surface area contributed by atoms with Crippen molar-refractivity contribution < 1.29 is 23.9 Å². The number of carbonyl (C=O) groups excluding carboxylic acids is 3. The molecule has 2 aromatic heterocycles. The van der Waals surface area contributed by atoms with Gasteiger partial charge in [0.15, 0.2) is 11.5 Å². The molecule has 2 aromatic carbocycles. The summed E-state index contributed by atoms with van der Waals surface area (Å²) in [4.78, 5) is 60.0. The number of imide groups is 1. The fraction of sp³-hybridized carbons (Fsp3) is 0.395. The third-order valence-corrected chi connectivity index (χ3v) is 10.6. The van der Waals surface area contributed by atoms with Gasteiger partial charge >= 0.3 is 6.03 Å². The fourth-order valence-electron chi connectivity index (χ4n) is 7.38. The van der Waals surface area contributed by atoms with Crippen LogP contribution in [-0.2, 0) is 11.8 Å². The molecule has 4 aromatic rings. The highest BCUT2D eigenvalue weighted by molar-refractivity contribution is 6.34. The number of nitrogens with one attached hydrogen (secondary N) is 1. The van der Waals surface area contributed by atoms with E-state index >= 15 is 0 Å². The molecule has 1 N–H and O–H groups in total. The topological polar surface area (TPSA) is 126 Å². The number of aromatic nitrogens is 2. The monoisotopic (exact) mass is 712 g/mol. The van der Waals surface area contributed by atoms with Crippen LogP contribution in [0.4, 0.5) is 10.5 Å². The first-order valence-corrected chi connectivity index (χ1v) is 17.8. The number of ether oxygens (including phenoxy) is 2. The smallest absolute Gasteiger partial charge is 0.328 e. The number of fused-ring (bicyclic) bond motifs is 1. The van der Waals surface area contributed by atoms with Gasteiger partial charge in [-0.2, -0.15) is 0 Å². The first kappa shape index (κ1) is 34.5. The van der Waals surface area contributed by atoms with Gasteiger partial charge in [-0.25, -0.2) is 4.79 Å². The molecule has 0 unspecified atom stereocenters. The maximum atomic E-state index is 13.4. The van der Waals surface area contributed by atoms with Crippen LogP contribution in [0.3, 0.4) is 0 Å². The summed E-state index contributed by atoms with van der Waals surface area (Å²) >= 11 is 6.39. The van der Waals surface area contributed by atoms with Crippen molar-refractivity contribution in [3.63, 3.8) is 0 Å². The summed E-state index contributed by atoms with van der Waals surface area (Å²) in [5.74, 6) is 1.45. The third-order valence-electron chi connectivity index (χ3n) is 10.2. The second-order valence-corrected chi connectivity index (χ2v) is 13.9. The molecule has 13 heteroatoms. The Morgan fingerprint density at radius 2 is 1.73 bits per heavy atom. The zero-order valence-corrected chi connectivity index (χ0v) is 29.5. The molecule has 0 atom stereocenters. The Bertz CT molecular complexity index is 2040. The Balaban J connectivity index is 0.909. The van der Waals surface area contributed by atoms with Crippen molar-refractivity contribution in [2.45, 2.75) is 38.2 Å². The molecule has 0 bridgehead atoms. The van der Waals surface area contributed by atoms with E-state index in [1.807, 2.05) is 35.4 Å². The number of urea groups is 1. The van der Waals surface area contributed by atoms with Crippen molar-refractivity contribution in [2.75, 3.05) is 51.3 Å². The Labute approximate surface area is 300 Å². The second-order valence-electron chi connectivity index (χ2n) is 13.5. The van der Waals surface area contributed by atoms with Gasteiger partial charge in [0.1, 0.15) is 6.10 Å². The van der Waals surface area contributed by atoms with Crippen molar-refractivity contribution in [3.8, 4) is 22.6 Å². The molecule has 4 amide bonds. The van der Waals surface area contributed by atoms with E-state index in [0.29, 0.717) is 52.2 Å². The fourth-order valence-corrected chi connectivity index (χ4v) is 7.60. The number of likely N-dealkylation sites (tertiary alicyclic amines) is 2. The minimum absolute atomic E-state index is 0.0747. The number of rotatable bonds is 8. The number of nitrogens with zero attached hydrogens (tertiary/aromatic N) is 5. The zero-order valence-electron chi connectivity index (χ0n) is 28.8. The summed E-state index contributed by atoms with van der Waals surface area (Å²) in [6, 6.07) is 12.2. The number of piperidine rings is 2. The summed E-state index contributed by atoms with van der Waals surface area (Å²) in [7, 11) is 3.39. The zero-order chi connectivity index (χ0) is 35.6. The van der Waals surface area contributed by atoms with E-state index in [1.165, 1.54) is 4.90 Å². The van der Waals surface area contributed by atoms with Crippen LogP contribution < -0.4 is 25.2 Å². The van der Waals surface area contributed by atoms with Gasteiger partial charge < -0.3 is 23.8 Å². The highest BCUT2D eigenvalue weighted by Gasteiger charge is 2.30. The quantitative estimate of drug-likeness (QED) is 0.268. The molecule has 5 heterocycles. The van der Waals surface area contributed by atoms with E-state index in [1.54, 1.807) is 49.3 Å². The number of methoxy groups -OCH3 is 1. The van der Waals surface area contributed by atoms with Crippen molar-refractivity contribution in [2.24, 2.45) is 13.0 Å². The van der Waals surface area contributed by atoms with Crippen molar-refractivity contribution in [1.29, 1.82) is 0 Å². The molecule has 0 radical (unpaired) electrons. The van der Waals surface area contributed by atoms with Crippen molar-refractivity contribution in [3.05, 3.63) is 82.0 Å². The maximum absolute atomic E-state index is 13.4. The van der Waals surface area contributed by atoms with E-state index in [9.17, 15) is 19.2 Å². The van der Waals surface area contributed by atoms with E-state index in [2.05, 4.69) is 15.2 Å². The summed E-state index contributed by atoms with van der Waals surface area (Å²) < 4.78 is 13.8. The maximum Gasteiger partial charge on any atom is 0.328 e. The summed E-state index contributed by atoms with van der Waals surface area (Å²) in [5.41, 5.74) is 2.67. The van der Waals surface area contributed by atoms with Gasteiger partial charge in [0.05, 0.1) is 23.2 Å². The van der Waals surface area contributed by atoms with Gasteiger partial charge in [-0.05, 0) is 78.9 Å². The van der Waals surface area contributed by atoms with Gasteiger partial charge in [0.2, 0.25) is 5.91 Å². The lowest BCUT2D eigenvalue weighted by Crippen LogP contribution is -2.49. The van der Waals surface area contributed by atoms with E-state index in [0.717, 1.165) is 61.8 Å². The average Bonchev–Trinajstić information content (AvgIpc) is 3.14. The van der Waals surface area contributed by atoms with E-state index < -0.39 is 6.03 Å². The van der Waals surface area contributed by atoms with Gasteiger partial charge in [-0.1, -0.05) is 17.7 Å². The second kappa shape index (κ2) is 14.7. The number of benzene rings is 2. The van der Waals surface area contributed by atoms with Crippen LogP contribution in [0.5, 0.6) is 11.5 Å². The molecule has 0 spiro atoms. The lowest BCUT2D eigenvalue weighted by Gasteiger charge is -2.38. The SMILES string of the molecule is COc1cc(-c2cn(C)c(=O)c3cnccc23)ccc1OC1CCN(CC2CCN(C(=O)c3ccc(Cl)c(N4CCC(=O)NC4=O)c3)CC2)CC1. The Hall–Kier alpha value is -4.94. The number of hydrogen-bond acceptors (Lipinski definition) is 8. The lowest BCUT2D eigenvalue weighted by atomic mass is 9.94. The largest absolute Gasteiger partial charge is 0.493 e. The number of amides is 4. The van der Waals surface area contributed by atoms with Crippen LogP contribution in [-0.4, -0.2) is 89.7 Å². The van der Waals surface area contributed by atoms with Crippen LogP contribution >= 0.6 is 11.6 Å². The first-order chi connectivity index (χ1) is 24.7. The molecule has 51 heavy (non-hydrogen) atoms. The number of carbonyl (C=O) groups is 3. The molecule has 12 nitrogen and oxygen atoms in total. The number of halogens is 1. The van der Waals surface area contributed by atoms with E-state index in [4.69, 9.17) is 21.1 Å². The van der Waals surface area contributed by atoms with Gasteiger partial charge in [0, 0.05) is 82.5 Å². The van der Waals surface area contributed by atoms with Gasteiger partial charge in [-0.3, -0.25) is 29.6 Å². The Morgan fingerprint density at radius 1 is 0.941 bits per heavy atom. The van der Waals surface area contributed by atoms with Crippen molar-refractivity contribution >= 4 is 45.9 Å². The third kappa shape index (κ3) is 7.29. The molecule has 0 aliphatic carbocycles. The number of aryl methyl sites for hydroxylation is 1. The minimum Gasteiger partial charge on any atom is -0.493 e. The Kier molecular flexibility index (Phi) is 9.97. The number of pyridine rings is 2. The predicted molar refractivity (Wildman–Crippen MR) is 195 cm³/mol. The Morgan fingerprint density at radius 3 is 2.47 bits per heavy atom. The predicted octanol–water partition coefficient (Wildman–Crippen LogP) is 5.10. The summed E-state index contributed by atoms with van der Waals surface area (Å²) in [6.45, 7) is 4.41. The molecule has 7 rings (SSSR count). The summed E-state index contributed by atoms with van der Waals surface area (Å²) in [5, 5.41) is 4.07. The molecule has 0 saturated carbocycles. The van der Waals surface area contributed by atoms with Gasteiger partial charge in [-0.15, -0.1) is 0 Å². The minimum atomic E-state index is -0.533.